The average molecular weight is 579 g/mol. The van der Waals surface area contributed by atoms with Crippen LogP contribution >= 0.6 is 11.8 Å². The minimum atomic E-state index is -4.42. The van der Waals surface area contributed by atoms with E-state index in [1.807, 2.05) is 48.5 Å². The molecule has 0 atom stereocenters. The monoisotopic (exact) mass is 578 g/mol. The highest BCUT2D eigenvalue weighted by Gasteiger charge is 2.32. The van der Waals surface area contributed by atoms with Crippen LogP contribution in [-0.2, 0) is 18.0 Å². The van der Waals surface area contributed by atoms with E-state index in [-0.39, 0.29) is 23.6 Å². The lowest BCUT2D eigenvalue weighted by atomic mass is 10.0. The molecule has 2 heterocycles. The molecule has 0 bridgehead atoms. The summed E-state index contributed by atoms with van der Waals surface area (Å²) in [4.78, 5) is 18.6. The lowest BCUT2D eigenvalue weighted by molar-refractivity contribution is -0.137. The van der Waals surface area contributed by atoms with E-state index in [9.17, 15) is 18.0 Å². The molecule has 41 heavy (non-hydrogen) atoms. The molecule has 0 radical (unpaired) electrons. The Morgan fingerprint density at radius 3 is 2.41 bits per heavy atom. The van der Waals surface area contributed by atoms with E-state index in [0.717, 1.165) is 28.9 Å². The van der Waals surface area contributed by atoms with Gasteiger partial charge in [0.1, 0.15) is 5.75 Å². The van der Waals surface area contributed by atoms with Crippen molar-refractivity contribution in [2.75, 3.05) is 10.7 Å². The van der Waals surface area contributed by atoms with Crippen molar-refractivity contribution in [2.45, 2.75) is 25.9 Å². The van der Waals surface area contributed by atoms with Crippen LogP contribution < -0.4 is 9.64 Å². The number of amides is 1. The predicted molar refractivity (Wildman–Crippen MR) is 153 cm³/mol. The smallest absolute Gasteiger partial charge is 0.416 e. The molecule has 1 fully saturated rings. The van der Waals surface area contributed by atoms with Crippen LogP contribution in [0.3, 0.4) is 0 Å². The number of carbonyl (C=O) groups is 1. The van der Waals surface area contributed by atoms with E-state index in [4.69, 9.17) is 4.74 Å². The molecule has 210 valence electrons. The lowest BCUT2D eigenvalue weighted by Crippen LogP contribution is -2.30. The number of benzene rings is 3. The van der Waals surface area contributed by atoms with Gasteiger partial charge >= 0.3 is 12.2 Å². The first-order valence-electron chi connectivity index (χ1n) is 12.6. The normalized spacial score (nSPS) is 15.0. The highest BCUT2D eigenvalue weighted by molar-refractivity contribution is 8.15. The topological polar surface area (TPSA) is 85.0 Å². The quantitative estimate of drug-likeness (QED) is 0.176. The summed E-state index contributed by atoms with van der Waals surface area (Å²) in [5.74, 6) is 1.11. The van der Waals surface area contributed by atoms with Gasteiger partial charge in [0.2, 0.25) is 5.91 Å². The molecule has 1 aliphatic heterocycles. The van der Waals surface area contributed by atoms with Crippen molar-refractivity contribution in [2.24, 2.45) is 17.3 Å². The molecular weight excluding hydrogens is 553 g/mol. The van der Waals surface area contributed by atoms with Gasteiger partial charge in [-0.25, -0.2) is 4.68 Å². The Balaban J connectivity index is 1.28. The van der Waals surface area contributed by atoms with Gasteiger partial charge in [0.25, 0.3) is 0 Å². The number of aromatic nitrogens is 3. The van der Waals surface area contributed by atoms with Crippen molar-refractivity contribution in [3.63, 3.8) is 0 Å². The van der Waals surface area contributed by atoms with E-state index in [2.05, 4.69) is 34.1 Å². The molecule has 0 N–H and O–H groups in total. The number of carbonyl (C=O) groups excluding carboxylic acids is 1. The number of hydrogen-bond donors (Lipinski definition) is 0. The predicted octanol–water partition coefficient (Wildman–Crippen LogP) is 6.89. The summed E-state index contributed by atoms with van der Waals surface area (Å²) in [6.07, 6.45) is -2.83. The number of alkyl halides is 3. The van der Waals surface area contributed by atoms with Gasteiger partial charge in [0.05, 0.1) is 23.2 Å². The average Bonchev–Trinajstić information content (AvgIpc) is 3.50. The zero-order valence-corrected chi connectivity index (χ0v) is 23.1. The molecule has 3 aromatic carbocycles. The second kappa shape index (κ2) is 11.6. The molecule has 12 heteroatoms. The minimum absolute atomic E-state index is 0.0362. The third kappa shape index (κ3) is 6.32. The van der Waals surface area contributed by atoms with Crippen LogP contribution in [-0.4, -0.2) is 37.8 Å². The molecule has 1 aliphatic rings. The van der Waals surface area contributed by atoms with E-state index < -0.39 is 11.7 Å². The van der Waals surface area contributed by atoms with E-state index >= 15 is 0 Å². The Kier molecular flexibility index (Phi) is 7.93. The highest BCUT2D eigenvalue weighted by atomic mass is 32.2. The van der Waals surface area contributed by atoms with Crippen LogP contribution in [0, 0.1) is 0 Å². The number of thioether (sulfide) groups is 1. The largest absolute Gasteiger partial charge is 0.424 e. The fourth-order valence-corrected chi connectivity index (χ4v) is 4.93. The summed E-state index contributed by atoms with van der Waals surface area (Å²) in [6.45, 7) is 4.16. The SMILES string of the molecule is CC(C)c1ccccc1N1C(=O)CSC1=NN=Cc1ccc(-c2nc(Oc3ccc(C(F)(F)F)cc3)n(C)n2)cc1. The zero-order valence-electron chi connectivity index (χ0n) is 22.3. The fraction of sp³-hybridized carbons (Fsp3) is 0.207. The summed E-state index contributed by atoms with van der Waals surface area (Å²) < 4.78 is 45.4. The van der Waals surface area contributed by atoms with Crippen molar-refractivity contribution < 1.29 is 22.7 Å². The Morgan fingerprint density at radius 2 is 1.73 bits per heavy atom. The van der Waals surface area contributed by atoms with Gasteiger partial charge in [-0.2, -0.15) is 23.3 Å². The van der Waals surface area contributed by atoms with Gasteiger partial charge in [-0.05, 0) is 47.4 Å². The molecule has 0 aliphatic carbocycles. The second-order valence-corrected chi connectivity index (χ2v) is 10.4. The molecule has 8 nitrogen and oxygen atoms in total. The summed E-state index contributed by atoms with van der Waals surface area (Å²) in [5.41, 5.74) is 2.60. The molecule has 0 spiro atoms. The highest BCUT2D eigenvalue weighted by Crippen LogP contribution is 2.34. The van der Waals surface area contributed by atoms with E-state index in [1.165, 1.54) is 28.6 Å². The number of para-hydroxylation sites is 1. The van der Waals surface area contributed by atoms with Crippen LogP contribution in [0.25, 0.3) is 11.4 Å². The number of amidine groups is 1. The summed E-state index contributed by atoms with van der Waals surface area (Å²) in [7, 11) is 1.63. The number of ether oxygens (including phenoxy) is 1. The van der Waals surface area contributed by atoms with E-state index in [1.54, 1.807) is 18.2 Å². The fourth-order valence-electron chi connectivity index (χ4n) is 4.11. The molecule has 4 aromatic rings. The number of rotatable bonds is 7. The third-order valence-corrected chi connectivity index (χ3v) is 7.11. The van der Waals surface area contributed by atoms with Crippen molar-refractivity contribution >= 4 is 34.7 Å². The molecule has 0 unspecified atom stereocenters. The maximum Gasteiger partial charge on any atom is 0.416 e. The number of anilines is 1. The van der Waals surface area contributed by atoms with Gasteiger partial charge in [0.15, 0.2) is 11.0 Å². The first-order valence-corrected chi connectivity index (χ1v) is 13.6. The van der Waals surface area contributed by atoms with Crippen molar-refractivity contribution in [1.29, 1.82) is 0 Å². The molecular formula is C29H25F3N6O2S. The number of hydrogen-bond acceptors (Lipinski definition) is 7. The summed E-state index contributed by atoms with van der Waals surface area (Å²) in [5, 5.41) is 13.4. The standard InChI is InChI=1S/C29H25F3N6O2S/c1-18(2)23-6-4-5-7-24(23)38-25(39)17-41-28(38)35-33-16-19-8-10-20(11-9-19)26-34-27(37(3)36-26)40-22-14-12-21(13-15-22)29(30,31)32/h4-16,18H,17H2,1-3H3. The Morgan fingerprint density at radius 1 is 1.02 bits per heavy atom. The lowest BCUT2D eigenvalue weighted by Gasteiger charge is -2.20. The van der Waals surface area contributed by atoms with Gasteiger partial charge < -0.3 is 4.74 Å². The zero-order chi connectivity index (χ0) is 29.1. The Labute approximate surface area is 238 Å². The van der Waals surface area contributed by atoms with Gasteiger partial charge in [-0.15, -0.1) is 10.2 Å². The van der Waals surface area contributed by atoms with E-state index in [0.29, 0.717) is 22.3 Å². The number of halogens is 3. The van der Waals surface area contributed by atoms with Gasteiger partial charge in [0, 0.05) is 12.6 Å². The maximum atomic E-state index is 12.8. The summed E-state index contributed by atoms with van der Waals surface area (Å²) >= 11 is 1.35. The Bertz CT molecular complexity index is 1610. The van der Waals surface area contributed by atoms with Crippen molar-refractivity contribution in [1.82, 2.24) is 14.8 Å². The molecule has 0 saturated carbocycles. The third-order valence-electron chi connectivity index (χ3n) is 6.20. The number of aryl methyl sites for hydroxylation is 1. The van der Waals surface area contributed by atoms with Crippen LogP contribution in [0.1, 0.15) is 36.5 Å². The molecule has 1 amide bonds. The van der Waals surface area contributed by atoms with Gasteiger partial charge in [-0.1, -0.05) is 68.1 Å². The number of nitrogens with zero attached hydrogens (tertiary/aromatic N) is 6. The Hall–Kier alpha value is -4.45. The molecule has 5 rings (SSSR count). The molecule has 1 aromatic heterocycles. The van der Waals surface area contributed by atoms with Crippen LogP contribution in [0.15, 0.2) is 83.0 Å². The second-order valence-electron chi connectivity index (χ2n) is 9.45. The van der Waals surface area contributed by atoms with Gasteiger partial charge in [-0.3, -0.25) is 9.69 Å². The van der Waals surface area contributed by atoms with Crippen LogP contribution in [0.5, 0.6) is 11.8 Å². The maximum absolute atomic E-state index is 12.8. The van der Waals surface area contributed by atoms with Crippen LogP contribution in [0.2, 0.25) is 0 Å². The molecule has 1 saturated heterocycles. The minimum Gasteiger partial charge on any atom is -0.424 e. The van der Waals surface area contributed by atoms with Crippen molar-refractivity contribution in [3.05, 3.63) is 89.5 Å². The summed E-state index contributed by atoms with van der Waals surface area (Å²) in [6, 6.07) is 19.6. The first-order chi connectivity index (χ1) is 19.6. The van der Waals surface area contributed by atoms with Crippen molar-refractivity contribution in [3.8, 4) is 23.1 Å². The first kappa shape index (κ1) is 28.1. The van der Waals surface area contributed by atoms with Crippen LogP contribution in [0.4, 0.5) is 18.9 Å².